The molecule has 0 N–H and O–H groups in total. The summed E-state index contributed by atoms with van der Waals surface area (Å²) >= 11 is 0. The SMILES string of the molecule is Cc1ccc2nc(-c3cccc(C)n3)n(C)c(=O)c2c1. The van der Waals surface area contributed by atoms with E-state index in [4.69, 9.17) is 0 Å². The number of nitrogens with zero attached hydrogens (tertiary/aromatic N) is 3. The van der Waals surface area contributed by atoms with Gasteiger partial charge in [0.1, 0.15) is 5.69 Å². The van der Waals surface area contributed by atoms with Crippen LogP contribution in [0.3, 0.4) is 0 Å². The molecule has 0 saturated carbocycles. The number of hydrogen-bond acceptors (Lipinski definition) is 3. The predicted octanol–water partition coefficient (Wildman–Crippen LogP) is 2.61. The van der Waals surface area contributed by atoms with Gasteiger partial charge in [-0.15, -0.1) is 0 Å². The van der Waals surface area contributed by atoms with Gasteiger partial charge in [-0.25, -0.2) is 9.97 Å². The molecule has 2 heterocycles. The zero-order valence-corrected chi connectivity index (χ0v) is 11.7. The lowest BCUT2D eigenvalue weighted by molar-refractivity contribution is 0.848. The molecule has 0 aliphatic rings. The predicted molar refractivity (Wildman–Crippen MR) is 79.7 cm³/mol. The van der Waals surface area contributed by atoms with Crippen molar-refractivity contribution >= 4 is 10.9 Å². The van der Waals surface area contributed by atoms with Crippen molar-refractivity contribution in [1.29, 1.82) is 0 Å². The molecule has 0 spiro atoms. The van der Waals surface area contributed by atoms with Crippen LogP contribution in [0.15, 0.2) is 41.2 Å². The lowest BCUT2D eigenvalue weighted by Crippen LogP contribution is -2.20. The van der Waals surface area contributed by atoms with E-state index in [0.29, 0.717) is 22.4 Å². The molecule has 0 unspecified atom stereocenters. The van der Waals surface area contributed by atoms with Crippen LogP contribution in [0.5, 0.6) is 0 Å². The number of aromatic nitrogens is 3. The maximum absolute atomic E-state index is 12.5. The summed E-state index contributed by atoms with van der Waals surface area (Å²) in [6, 6.07) is 11.4. The summed E-state index contributed by atoms with van der Waals surface area (Å²) in [6.07, 6.45) is 0. The average Bonchev–Trinajstić information content (AvgIpc) is 2.43. The van der Waals surface area contributed by atoms with E-state index in [1.54, 1.807) is 11.6 Å². The molecule has 0 radical (unpaired) electrons. The third-order valence-corrected chi connectivity index (χ3v) is 3.35. The molecule has 100 valence electrons. The van der Waals surface area contributed by atoms with Crippen LogP contribution in [-0.2, 0) is 7.05 Å². The molecular weight excluding hydrogens is 250 g/mol. The Morgan fingerprint density at radius 1 is 1.05 bits per heavy atom. The van der Waals surface area contributed by atoms with E-state index in [0.717, 1.165) is 11.3 Å². The molecule has 0 fully saturated rings. The zero-order chi connectivity index (χ0) is 14.3. The van der Waals surface area contributed by atoms with Crippen LogP contribution in [0, 0.1) is 13.8 Å². The van der Waals surface area contributed by atoms with Crippen molar-refractivity contribution in [1.82, 2.24) is 14.5 Å². The van der Waals surface area contributed by atoms with E-state index < -0.39 is 0 Å². The van der Waals surface area contributed by atoms with Crippen molar-refractivity contribution in [2.24, 2.45) is 7.05 Å². The number of pyridine rings is 1. The molecule has 0 amide bonds. The number of hydrogen-bond donors (Lipinski definition) is 0. The lowest BCUT2D eigenvalue weighted by atomic mass is 10.1. The molecule has 3 rings (SSSR count). The van der Waals surface area contributed by atoms with Gasteiger partial charge in [-0.3, -0.25) is 9.36 Å². The molecule has 1 aromatic carbocycles. The van der Waals surface area contributed by atoms with Gasteiger partial charge in [0.05, 0.1) is 10.9 Å². The lowest BCUT2D eigenvalue weighted by Gasteiger charge is -2.09. The van der Waals surface area contributed by atoms with Crippen molar-refractivity contribution in [3.63, 3.8) is 0 Å². The second-order valence-corrected chi connectivity index (χ2v) is 4.98. The first kappa shape index (κ1) is 12.5. The third-order valence-electron chi connectivity index (χ3n) is 3.35. The molecule has 2 aromatic heterocycles. The Balaban J connectivity index is 2.35. The van der Waals surface area contributed by atoms with Gasteiger partial charge in [0, 0.05) is 12.7 Å². The minimum Gasteiger partial charge on any atom is -0.294 e. The first-order chi connectivity index (χ1) is 9.56. The molecule has 20 heavy (non-hydrogen) atoms. The Bertz CT molecular complexity index is 865. The first-order valence-electron chi connectivity index (χ1n) is 6.48. The summed E-state index contributed by atoms with van der Waals surface area (Å²) in [6.45, 7) is 3.89. The van der Waals surface area contributed by atoms with Gasteiger partial charge in [0.25, 0.3) is 5.56 Å². The summed E-state index contributed by atoms with van der Waals surface area (Å²) in [5.74, 6) is 0.593. The Kier molecular flexibility index (Phi) is 2.86. The average molecular weight is 265 g/mol. The Hall–Kier alpha value is -2.49. The maximum atomic E-state index is 12.5. The smallest absolute Gasteiger partial charge is 0.261 e. The highest BCUT2D eigenvalue weighted by atomic mass is 16.1. The first-order valence-corrected chi connectivity index (χ1v) is 6.48. The Morgan fingerprint density at radius 2 is 1.85 bits per heavy atom. The second-order valence-electron chi connectivity index (χ2n) is 4.98. The van der Waals surface area contributed by atoms with E-state index in [-0.39, 0.29) is 5.56 Å². The van der Waals surface area contributed by atoms with Crippen LogP contribution in [-0.4, -0.2) is 14.5 Å². The highest BCUT2D eigenvalue weighted by Gasteiger charge is 2.11. The van der Waals surface area contributed by atoms with Crippen LogP contribution in [0.2, 0.25) is 0 Å². The normalized spacial score (nSPS) is 10.9. The van der Waals surface area contributed by atoms with Gasteiger partial charge < -0.3 is 0 Å². The van der Waals surface area contributed by atoms with Gasteiger partial charge in [-0.1, -0.05) is 17.7 Å². The fraction of sp³-hybridized carbons (Fsp3) is 0.188. The maximum Gasteiger partial charge on any atom is 0.261 e. The van der Waals surface area contributed by atoms with Crippen molar-refractivity contribution in [2.75, 3.05) is 0 Å². The molecule has 0 bridgehead atoms. The number of aryl methyl sites for hydroxylation is 2. The van der Waals surface area contributed by atoms with Gasteiger partial charge in [-0.05, 0) is 38.1 Å². The minimum absolute atomic E-state index is 0.0444. The summed E-state index contributed by atoms with van der Waals surface area (Å²) in [5, 5.41) is 0.643. The Morgan fingerprint density at radius 3 is 2.60 bits per heavy atom. The molecule has 4 nitrogen and oxygen atoms in total. The third kappa shape index (κ3) is 1.99. The number of rotatable bonds is 1. The van der Waals surface area contributed by atoms with Crippen LogP contribution in [0.4, 0.5) is 0 Å². The minimum atomic E-state index is -0.0444. The highest BCUT2D eigenvalue weighted by molar-refractivity contribution is 5.80. The number of fused-ring (bicyclic) bond motifs is 1. The molecule has 4 heteroatoms. The van der Waals surface area contributed by atoms with E-state index in [2.05, 4.69) is 9.97 Å². The fourth-order valence-corrected chi connectivity index (χ4v) is 2.28. The van der Waals surface area contributed by atoms with Crippen molar-refractivity contribution in [3.8, 4) is 11.5 Å². The van der Waals surface area contributed by atoms with Crippen molar-refractivity contribution in [3.05, 3.63) is 58.0 Å². The van der Waals surface area contributed by atoms with Gasteiger partial charge >= 0.3 is 0 Å². The summed E-state index contributed by atoms with van der Waals surface area (Å²) < 4.78 is 1.56. The molecule has 0 aliphatic heterocycles. The fourth-order valence-electron chi connectivity index (χ4n) is 2.28. The van der Waals surface area contributed by atoms with Gasteiger partial charge in [0.2, 0.25) is 0 Å². The molecule has 3 aromatic rings. The van der Waals surface area contributed by atoms with Crippen molar-refractivity contribution < 1.29 is 0 Å². The standard InChI is InChI=1S/C16H15N3O/c1-10-7-8-13-12(9-10)16(20)19(3)15(18-13)14-6-4-5-11(2)17-14/h4-9H,1-3H3. The summed E-state index contributed by atoms with van der Waals surface area (Å²) in [5.41, 5.74) is 3.33. The van der Waals surface area contributed by atoms with Gasteiger partial charge in [0.15, 0.2) is 5.82 Å². The zero-order valence-electron chi connectivity index (χ0n) is 11.7. The van der Waals surface area contributed by atoms with E-state index in [1.807, 2.05) is 50.2 Å². The summed E-state index contributed by atoms with van der Waals surface area (Å²) in [7, 11) is 1.73. The highest BCUT2D eigenvalue weighted by Crippen LogP contribution is 2.17. The van der Waals surface area contributed by atoms with Crippen LogP contribution < -0.4 is 5.56 Å². The topological polar surface area (TPSA) is 47.8 Å². The van der Waals surface area contributed by atoms with Crippen LogP contribution >= 0.6 is 0 Å². The molecule has 0 atom stereocenters. The second kappa shape index (κ2) is 4.56. The van der Waals surface area contributed by atoms with Crippen LogP contribution in [0.1, 0.15) is 11.3 Å². The van der Waals surface area contributed by atoms with Crippen LogP contribution in [0.25, 0.3) is 22.4 Å². The monoisotopic (exact) mass is 265 g/mol. The molecule has 0 aliphatic carbocycles. The van der Waals surface area contributed by atoms with Crippen molar-refractivity contribution in [2.45, 2.75) is 13.8 Å². The Labute approximate surface area is 116 Å². The quantitative estimate of drug-likeness (QED) is 0.679. The largest absolute Gasteiger partial charge is 0.294 e. The molecule has 0 saturated heterocycles. The van der Waals surface area contributed by atoms with E-state index >= 15 is 0 Å². The van der Waals surface area contributed by atoms with Gasteiger partial charge in [-0.2, -0.15) is 0 Å². The summed E-state index contributed by atoms with van der Waals surface area (Å²) in [4.78, 5) is 21.5. The molecular formula is C16H15N3O. The number of benzene rings is 1. The van der Waals surface area contributed by atoms with E-state index in [1.165, 1.54) is 0 Å². The van der Waals surface area contributed by atoms with E-state index in [9.17, 15) is 4.79 Å².